The highest BCUT2D eigenvalue weighted by molar-refractivity contribution is 5.79. The highest BCUT2D eigenvalue weighted by Crippen LogP contribution is 2.32. The lowest BCUT2D eigenvalue weighted by Crippen LogP contribution is -2.46. The summed E-state index contributed by atoms with van der Waals surface area (Å²) in [7, 11) is 0. The van der Waals surface area contributed by atoms with E-state index in [2.05, 4.69) is 29.2 Å². The van der Waals surface area contributed by atoms with Gasteiger partial charge in [0.25, 0.3) is 0 Å². The van der Waals surface area contributed by atoms with Gasteiger partial charge in [0.15, 0.2) is 0 Å². The van der Waals surface area contributed by atoms with Crippen LogP contribution in [0, 0.1) is 11.8 Å². The molecule has 1 saturated heterocycles. The van der Waals surface area contributed by atoms with Crippen molar-refractivity contribution in [1.82, 2.24) is 4.90 Å². The van der Waals surface area contributed by atoms with E-state index in [4.69, 9.17) is 0 Å². The molecule has 2 nitrogen and oxygen atoms in total. The van der Waals surface area contributed by atoms with Crippen LogP contribution in [-0.4, -0.2) is 29.8 Å². The normalized spacial score (nSPS) is 34.9. The Kier molecular flexibility index (Phi) is 3.15. The summed E-state index contributed by atoms with van der Waals surface area (Å²) in [6.07, 6.45) is 14.2. The largest absolute Gasteiger partial charge is 0.300 e. The lowest BCUT2D eigenvalue weighted by atomic mass is 9.81. The molecule has 2 atom stereocenters. The SMILES string of the molecule is O=C1CCC(N2CCC3C=CC=CC3C2)CC1. The van der Waals surface area contributed by atoms with Gasteiger partial charge in [0.1, 0.15) is 5.78 Å². The Morgan fingerprint density at radius 2 is 1.71 bits per heavy atom. The molecule has 3 rings (SSSR count). The molecule has 17 heavy (non-hydrogen) atoms. The smallest absolute Gasteiger partial charge is 0.133 e. The zero-order chi connectivity index (χ0) is 11.7. The molecule has 2 aliphatic carbocycles. The van der Waals surface area contributed by atoms with Crippen LogP contribution < -0.4 is 0 Å². The molecule has 2 unspecified atom stereocenters. The molecule has 2 fully saturated rings. The van der Waals surface area contributed by atoms with Gasteiger partial charge in [-0.15, -0.1) is 0 Å². The van der Waals surface area contributed by atoms with E-state index in [0.717, 1.165) is 31.6 Å². The second-order valence-corrected chi connectivity index (χ2v) is 5.65. The van der Waals surface area contributed by atoms with Crippen LogP contribution in [0.5, 0.6) is 0 Å². The van der Waals surface area contributed by atoms with Gasteiger partial charge in [-0.25, -0.2) is 0 Å². The summed E-state index contributed by atoms with van der Waals surface area (Å²) in [5, 5.41) is 0. The number of piperidine rings is 1. The predicted octanol–water partition coefficient (Wildman–Crippen LogP) is 2.56. The molecule has 0 aromatic carbocycles. The molecule has 2 heteroatoms. The first-order valence-corrected chi connectivity index (χ1v) is 6.93. The number of carbonyl (C=O) groups is 1. The van der Waals surface area contributed by atoms with Crippen LogP contribution in [0.15, 0.2) is 24.3 Å². The van der Waals surface area contributed by atoms with Gasteiger partial charge >= 0.3 is 0 Å². The molecule has 0 radical (unpaired) electrons. The molecule has 0 aromatic heterocycles. The van der Waals surface area contributed by atoms with Crippen LogP contribution >= 0.6 is 0 Å². The van der Waals surface area contributed by atoms with Gasteiger partial charge in [-0.1, -0.05) is 24.3 Å². The zero-order valence-corrected chi connectivity index (χ0v) is 10.3. The third-order valence-electron chi connectivity index (χ3n) is 4.60. The number of hydrogen-bond acceptors (Lipinski definition) is 2. The van der Waals surface area contributed by atoms with Crippen LogP contribution in [0.1, 0.15) is 32.1 Å². The fraction of sp³-hybridized carbons (Fsp3) is 0.667. The van der Waals surface area contributed by atoms with E-state index in [9.17, 15) is 4.79 Å². The minimum absolute atomic E-state index is 0.469. The molecule has 0 bridgehead atoms. The summed E-state index contributed by atoms with van der Waals surface area (Å²) in [5.41, 5.74) is 0. The Balaban J connectivity index is 1.60. The van der Waals surface area contributed by atoms with Gasteiger partial charge in [0.2, 0.25) is 0 Å². The Bertz CT molecular complexity index is 348. The van der Waals surface area contributed by atoms with Crippen LogP contribution in [0.3, 0.4) is 0 Å². The van der Waals surface area contributed by atoms with Gasteiger partial charge in [-0.05, 0) is 37.6 Å². The summed E-state index contributed by atoms with van der Waals surface area (Å²) < 4.78 is 0. The third kappa shape index (κ3) is 2.37. The summed E-state index contributed by atoms with van der Waals surface area (Å²) in [6, 6.07) is 0.674. The quantitative estimate of drug-likeness (QED) is 0.691. The number of fused-ring (bicyclic) bond motifs is 1. The second-order valence-electron chi connectivity index (χ2n) is 5.65. The van der Waals surface area contributed by atoms with Crippen molar-refractivity contribution in [3.8, 4) is 0 Å². The summed E-state index contributed by atoms with van der Waals surface area (Å²) >= 11 is 0. The van der Waals surface area contributed by atoms with Crippen molar-refractivity contribution in [2.75, 3.05) is 13.1 Å². The molecule has 1 aliphatic heterocycles. The zero-order valence-electron chi connectivity index (χ0n) is 10.3. The average Bonchev–Trinajstić information content (AvgIpc) is 2.39. The van der Waals surface area contributed by atoms with E-state index in [1.807, 2.05) is 0 Å². The van der Waals surface area contributed by atoms with E-state index in [1.165, 1.54) is 19.5 Å². The van der Waals surface area contributed by atoms with Gasteiger partial charge in [-0.3, -0.25) is 9.69 Å². The van der Waals surface area contributed by atoms with Crippen molar-refractivity contribution in [2.45, 2.75) is 38.1 Å². The van der Waals surface area contributed by atoms with Crippen molar-refractivity contribution in [3.63, 3.8) is 0 Å². The van der Waals surface area contributed by atoms with Crippen molar-refractivity contribution < 1.29 is 4.79 Å². The number of Topliss-reactive ketones (excluding diaryl/α,β-unsaturated/α-hetero) is 1. The van der Waals surface area contributed by atoms with Crippen LogP contribution in [0.4, 0.5) is 0 Å². The maximum Gasteiger partial charge on any atom is 0.133 e. The Morgan fingerprint density at radius 1 is 1.00 bits per heavy atom. The summed E-state index contributed by atoms with van der Waals surface area (Å²) in [4.78, 5) is 13.9. The third-order valence-corrected chi connectivity index (χ3v) is 4.60. The van der Waals surface area contributed by atoms with E-state index < -0.39 is 0 Å². The van der Waals surface area contributed by atoms with Crippen molar-refractivity contribution in [1.29, 1.82) is 0 Å². The molecular weight excluding hydrogens is 210 g/mol. The van der Waals surface area contributed by atoms with Crippen molar-refractivity contribution in [2.24, 2.45) is 11.8 Å². The van der Waals surface area contributed by atoms with E-state index in [0.29, 0.717) is 17.7 Å². The molecular formula is C15H21NO. The first-order valence-electron chi connectivity index (χ1n) is 6.93. The van der Waals surface area contributed by atoms with Gasteiger partial charge in [0.05, 0.1) is 0 Å². The molecule has 0 N–H and O–H groups in total. The highest BCUT2D eigenvalue weighted by atomic mass is 16.1. The minimum atomic E-state index is 0.469. The fourth-order valence-corrected chi connectivity index (χ4v) is 3.50. The van der Waals surface area contributed by atoms with Gasteiger partial charge in [-0.2, -0.15) is 0 Å². The number of carbonyl (C=O) groups excluding carboxylic acids is 1. The monoisotopic (exact) mass is 231 g/mol. The first kappa shape index (κ1) is 11.2. The maximum absolute atomic E-state index is 11.3. The Morgan fingerprint density at radius 3 is 2.47 bits per heavy atom. The molecule has 1 heterocycles. The molecule has 3 aliphatic rings. The summed E-state index contributed by atoms with van der Waals surface area (Å²) in [6.45, 7) is 2.42. The Labute approximate surface area is 103 Å². The van der Waals surface area contributed by atoms with Gasteiger partial charge in [0, 0.05) is 25.4 Å². The molecule has 0 amide bonds. The van der Waals surface area contributed by atoms with Crippen LogP contribution in [0.2, 0.25) is 0 Å². The molecule has 0 spiro atoms. The number of nitrogens with zero attached hydrogens (tertiary/aromatic N) is 1. The number of rotatable bonds is 1. The number of ketones is 1. The maximum atomic E-state index is 11.3. The number of allylic oxidation sites excluding steroid dienone is 3. The lowest BCUT2D eigenvalue weighted by molar-refractivity contribution is -0.121. The van der Waals surface area contributed by atoms with E-state index in [1.54, 1.807) is 0 Å². The Hall–Kier alpha value is -0.890. The first-order chi connectivity index (χ1) is 8.33. The predicted molar refractivity (Wildman–Crippen MR) is 68.7 cm³/mol. The van der Waals surface area contributed by atoms with Crippen molar-refractivity contribution in [3.05, 3.63) is 24.3 Å². The molecule has 92 valence electrons. The average molecular weight is 231 g/mol. The fourth-order valence-electron chi connectivity index (χ4n) is 3.50. The minimum Gasteiger partial charge on any atom is -0.300 e. The topological polar surface area (TPSA) is 20.3 Å². The van der Waals surface area contributed by atoms with E-state index in [-0.39, 0.29) is 0 Å². The lowest BCUT2D eigenvalue weighted by Gasteiger charge is -2.42. The van der Waals surface area contributed by atoms with Crippen LogP contribution in [0.25, 0.3) is 0 Å². The van der Waals surface area contributed by atoms with Crippen molar-refractivity contribution >= 4 is 5.78 Å². The van der Waals surface area contributed by atoms with E-state index >= 15 is 0 Å². The van der Waals surface area contributed by atoms with Crippen LogP contribution in [-0.2, 0) is 4.79 Å². The summed E-state index contributed by atoms with van der Waals surface area (Å²) in [5.74, 6) is 1.95. The number of hydrogen-bond donors (Lipinski definition) is 0. The molecule has 1 saturated carbocycles. The number of likely N-dealkylation sites (tertiary alicyclic amines) is 1. The standard InChI is InChI=1S/C15H21NO/c17-15-7-5-14(6-8-15)16-10-9-12-3-1-2-4-13(12)11-16/h1-4,12-14H,5-11H2. The van der Waals surface area contributed by atoms with Gasteiger partial charge < -0.3 is 0 Å². The molecule has 0 aromatic rings. The highest BCUT2D eigenvalue weighted by Gasteiger charge is 2.32. The second kappa shape index (κ2) is 4.77.